The normalized spacial score (nSPS) is 14.8. The zero-order valence-electron chi connectivity index (χ0n) is 17.7. The highest BCUT2D eigenvalue weighted by atomic mass is 16.5. The number of nitrogens with zero attached hydrogens (tertiary/aromatic N) is 7. The molecule has 1 fully saturated rings. The third-order valence-electron chi connectivity index (χ3n) is 5.36. The Hall–Kier alpha value is -3.34. The summed E-state index contributed by atoms with van der Waals surface area (Å²) in [6, 6.07) is 9.20. The number of carbonyl (C=O) groups is 1. The van der Waals surface area contributed by atoms with Gasteiger partial charge in [-0.2, -0.15) is 5.10 Å². The van der Waals surface area contributed by atoms with Gasteiger partial charge in [-0.25, -0.2) is 9.67 Å². The Morgan fingerprint density at radius 1 is 1.26 bits per heavy atom. The van der Waals surface area contributed by atoms with Gasteiger partial charge in [-0.05, 0) is 48.7 Å². The third-order valence-corrected chi connectivity index (χ3v) is 5.36. The molecular formula is C20H27N9O2. The maximum atomic E-state index is 12.1. The molecule has 4 rings (SSSR count). The van der Waals surface area contributed by atoms with Gasteiger partial charge in [0.1, 0.15) is 17.6 Å². The average Bonchev–Trinajstić information content (AvgIpc) is 3.33. The largest absolute Gasteiger partial charge is 0.484 e. The highest BCUT2D eigenvalue weighted by molar-refractivity contribution is 5.77. The molecule has 164 valence electrons. The monoisotopic (exact) mass is 425 g/mol. The zero-order chi connectivity index (χ0) is 21.6. The molecule has 3 aromatic rings. The number of aromatic nitrogens is 7. The first kappa shape index (κ1) is 20.9. The molecule has 0 saturated heterocycles. The van der Waals surface area contributed by atoms with Crippen LogP contribution >= 0.6 is 0 Å². The Morgan fingerprint density at radius 3 is 2.74 bits per heavy atom. The number of tetrazole rings is 1. The first-order valence-electron chi connectivity index (χ1n) is 10.4. The van der Waals surface area contributed by atoms with Crippen LogP contribution in [0.1, 0.15) is 48.8 Å². The average molecular weight is 425 g/mol. The molecule has 11 heteroatoms. The molecule has 1 aliphatic carbocycles. The van der Waals surface area contributed by atoms with E-state index < -0.39 is 0 Å². The van der Waals surface area contributed by atoms with Crippen molar-refractivity contribution in [3.63, 3.8) is 0 Å². The molecule has 2 aromatic heterocycles. The van der Waals surface area contributed by atoms with E-state index in [2.05, 4.69) is 36.2 Å². The van der Waals surface area contributed by atoms with E-state index in [1.54, 1.807) is 4.68 Å². The number of hydrogen-bond acceptors (Lipinski definition) is 8. The van der Waals surface area contributed by atoms with Gasteiger partial charge in [0.2, 0.25) is 0 Å². The van der Waals surface area contributed by atoms with Gasteiger partial charge < -0.3 is 10.1 Å². The molecule has 1 aromatic carbocycles. The van der Waals surface area contributed by atoms with Crippen LogP contribution in [0.25, 0.3) is 0 Å². The van der Waals surface area contributed by atoms with Crippen molar-refractivity contribution < 1.29 is 9.53 Å². The topological polar surface area (TPSA) is 125 Å². The van der Waals surface area contributed by atoms with Crippen molar-refractivity contribution in [2.45, 2.75) is 38.3 Å². The summed E-state index contributed by atoms with van der Waals surface area (Å²) in [5.41, 5.74) is 0. The van der Waals surface area contributed by atoms with E-state index in [9.17, 15) is 4.79 Å². The zero-order valence-corrected chi connectivity index (χ0v) is 17.7. The van der Waals surface area contributed by atoms with Crippen LogP contribution in [-0.2, 0) is 11.8 Å². The molecule has 1 unspecified atom stereocenters. The lowest BCUT2D eigenvalue weighted by atomic mass is 9.93. The van der Waals surface area contributed by atoms with Crippen molar-refractivity contribution >= 4 is 5.91 Å². The van der Waals surface area contributed by atoms with Gasteiger partial charge in [-0.15, -0.1) is 5.10 Å². The van der Waals surface area contributed by atoms with Gasteiger partial charge in [-0.3, -0.25) is 14.8 Å². The predicted molar refractivity (Wildman–Crippen MR) is 111 cm³/mol. The molecule has 11 nitrogen and oxygen atoms in total. The lowest BCUT2D eigenvalue weighted by Crippen LogP contribution is -2.37. The fourth-order valence-electron chi connectivity index (χ4n) is 3.32. The van der Waals surface area contributed by atoms with Crippen molar-refractivity contribution in [3.05, 3.63) is 47.8 Å². The first-order chi connectivity index (χ1) is 15.1. The highest BCUT2D eigenvalue weighted by Gasteiger charge is 2.30. The number of ether oxygens (including phenoxy) is 1. The maximum Gasteiger partial charge on any atom is 0.257 e. The van der Waals surface area contributed by atoms with Crippen molar-refractivity contribution in [1.29, 1.82) is 0 Å². The summed E-state index contributed by atoms with van der Waals surface area (Å²) >= 11 is 0. The Balaban J connectivity index is 1.34. The Labute approximate surface area is 180 Å². The van der Waals surface area contributed by atoms with Crippen molar-refractivity contribution in [1.82, 2.24) is 45.6 Å². The summed E-state index contributed by atoms with van der Waals surface area (Å²) in [5.74, 6) is 2.57. The molecule has 0 bridgehead atoms. The van der Waals surface area contributed by atoms with E-state index in [1.807, 2.05) is 49.0 Å². The number of aryl methyl sites for hydroxylation is 2. The van der Waals surface area contributed by atoms with E-state index in [4.69, 9.17) is 4.74 Å². The lowest BCUT2D eigenvalue weighted by Gasteiger charge is -2.27. The maximum absolute atomic E-state index is 12.1. The van der Waals surface area contributed by atoms with Gasteiger partial charge in [-0.1, -0.05) is 18.2 Å². The Bertz CT molecular complexity index is 978. The molecule has 1 saturated carbocycles. The van der Waals surface area contributed by atoms with Crippen molar-refractivity contribution in [3.8, 4) is 5.75 Å². The minimum absolute atomic E-state index is 0.0334. The number of nitrogens with one attached hydrogen (secondary N) is 2. The number of benzene rings is 1. The minimum Gasteiger partial charge on any atom is -0.484 e. The van der Waals surface area contributed by atoms with E-state index in [-0.39, 0.29) is 18.6 Å². The molecule has 0 aliphatic heterocycles. The molecule has 31 heavy (non-hydrogen) atoms. The molecular weight excluding hydrogens is 398 g/mol. The number of hydrogen-bond donors (Lipinski definition) is 2. The summed E-state index contributed by atoms with van der Waals surface area (Å²) in [7, 11) is 1.85. The molecule has 0 radical (unpaired) electrons. The molecule has 1 atom stereocenters. The second kappa shape index (κ2) is 9.65. The standard InChI is InChI=1S/C20H27N9O2/c1-14-23-19(25-28(14)2)18(20-24-26-27-29(20)15-7-6-8-15)22-12-11-21-17(30)13-31-16-9-4-3-5-10-16/h3-5,9-10,15,18,22H,6-8,11-13H2,1-2H3,(H,21,30). The van der Waals surface area contributed by atoms with Crippen LogP contribution in [0.3, 0.4) is 0 Å². The number of para-hydroxylation sites is 1. The summed E-state index contributed by atoms with van der Waals surface area (Å²) in [6.07, 6.45) is 3.31. The SMILES string of the molecule is Cc1nc(C(NCCNC(=O)COc2ccccc2)c2nnnn2C2CCC2)nn1C. The fourth-order valence-corrected chi connectivity index (χ4v) is 3.32. The summed E-state index contributed by atoms with van der Waals surface area (Å²) < 4.78 is 9.07. The van der Waals surface area contributed by atoms with Crippen molar-refractivity contribution in [2.24, 2.45) is 7.05 Å². The molecule has 2 heterocycles. The molecule has 2 N–H and O–H groups in total. The van der Waals surface area contributed by atoms with Crippen LogP contribution in [0.15, 0.2) is 30.3 Å². The van der Waals surface area contributed by atoms with Crippen LogP contribution in [-0.4, -0.2) is 60.6 Å². The van der Waals surface area contributed by atoms with Crippen LogP contribution in [0.4, 0.5) is 0 Å². The first-order valence-corrected chi connectivity index (χ1v) is 10.4. The summed E-state index contributed by atoms with van der Waals surface area (Å²) in [6.45, 7) is 2.78. The highest BCUT2D eigenvalue weighted by Crippen LogP contribution is 2.33. The van der Waals surface area contributed by atoms with Gasteiger partial charge in [0.05, 0.1) is 6.04 Å². The summed E-state index contributed by atoms with van der Waals surface area (Å²) in [5, 5.41) is 23.1. The second-order valence-electron chi connectivity index (χ2n) is 7.55. The predicted octanol–water partition coefficient (Wildman–Crippen LogP) is 0.709. The lowest BCUT2D eigenvalue weighted by molar-refractivity contribution is -0.123. The van der Waals surface area contributed by atoms with Crippen LogP contribution in [0, 0.1) is 6.92 Å². The second-order valence-corrected chi connectivity index (χ2v) is 7.55. The minimum atomic E-state index is -0.368. The Kier molecular flexibility index (Phi) is 6.51. The van der Waals surface area contributed by atoms with Gasteiger partial charge >= 0.3 is 0 Å². The number of rotatable bonds is 10. The van der Waals surface area contributed by atoms with Crippen LogP contribution < -0.4 is 15.4 Å². The van der Waals surface area contributed by atoms with Crippen molar-refractivity contribution in [2.75, 3.05) is 19.7 Å². The number of amides is 1. The van der Waals surface area contributed by atoms with E-state index in [0.29, 0.717) is 36.5 Å². The van der Waals surface area contributed by atoms with E-state index in [0.717, 1.165) is 18.7 Å². The van der Waals surface area contributed by atoms with Crippen LogP contribution in [0.5, 0.6) is 5.75 Å². The summed E-state index contributed by atoms with van der Waals surface area (Å²) in [4.78, 5) is 16.6. The van der Waals surface area contributed by atoms with Gasteiger partial charge in [0.25, 0.3) is 5.91 Å². The van der Waals surface area contributed by atoms with Gasteiger partial charge in [0.15, 0.2) is 18.3 Å². The third kappa shape index (κ3) is 5.05. The Morgan fingerprint density at radius 2 is 2.06 bits per heavy atom. The van der Waals surface area contributed by atoms with E-state index in [1.165, 1.54) is 6.42 Å². The molecule has 1 aliphatic rings. The van der Waals surface area contributed by atoms with Crippen LogP contribution in [0.2, 0.25) is 0 Å². The molecule has 0 spiro atoms. The van der Waals surface area contributed by atoms with Gasteiger partial charge in [0, 0.05) is 20.1 Å². The quantitative estimate of drug-likeness (QED) is 0.455. The fraction of sp³-hybridized carbons (Fsp3) is 0.500. The smallest absolute Gasteiger partial charge is 0.257 e. The molecule has 1 amide bonds. The number of carbonyl (C=O) groups excluding carboxylic acids is 1. The van der Waals surface area contributed by atoms with E-state index >= 15 is 0 Å².